The van der Waals surface area contributed by atoms with Gasteiger partial charge in [-0.3, -0.25) is 4.57 Å². The Labute approximate surface area is 435 Å². The van der Waals surface area contributed by atoms with Crippen LogP contribution in [-0.2, 0) is 0 Å². The summed E-state index contributed by atoms with van der Waals surface area (Å²) in [7, 11) is 0. The zero-order valence-electron chi connectivity index (χ0n) is 40.9. The van der Waals surface area contributed by atoms with Crippen molar-refractivity contribution in [2.75, 3.05) is 4.90 Å². The lowest BCUT2D eigenvalue weighted by atomic mass is 9.99. The number of benzene rings is 11. The second-order valence-corrected chi connectivity index (χ2v) is 19.0. The van der Waals surface area contributed by atoms with Crippen molar-refractivity contribution in [3.8, 4) is 67.5 Å². The maximum Gasteiger partial charge on any atom is 0.235 e. The lowest BCUT2D eigenvalue weighted by molar-refractivity contribution is 0.996. The summed E-state index contributed by atoms with van der Waals surface area (Å²) < 4.78 is 4.63. The molecule has 75 heavy (non-hydrogen) atoms. The SMILES string of the molecule is c1ccc(-c2cccc(-c3cc(-c4cccc(-c5ccccc5)c4)nc(-n4c5ccccc5c5cc(-c6ccc7c(c6)c6ccccc6n7-c6ccc(N(c7ccccc7)c7ccccc7)cc6)ccc54)n3)c2)cc1. The average Bonchev–Trinajstić information content (AvgIpc) is 4.02. The topological polar surface area (TPSA) is 38.9 Å². The van der Waals surface area contributed by atoms with Gasteiger partial charge in [0.05, 0.1) is 33.5 Å². The number of hydrogen-bond donors (Lipinski definition) is 0. The number of hydrogen-bond acceptors (Lipinski definition) is 3. The predicted octanol–water partition coefficient (Wildman–Crippen LogP) is 18.5. The van der Waals surface area contributed by atoms with Crippen molar-refractivity contribution in [1.82, 2.24) is 19.1 Å². The highest BCUT2D eigenvalue weighted by Crippen LogP contribution is 2.41. The van der Waals surface area contributed by atoms with Crippen LogP contribution in [0.2, 0.25) is 0 Å². The smallest absolute Gasteiger partial charge is 0.235 e. The predicted molar refractivity (Wildman–Crippen MR) is 313 cm³/mol. The Morgan fingerprint density at radius 2 is 0.613 bits per heavy atom. The van der Waals surface area contributed by atoms with Crippen molar-refractivity contribution in [2.24, 2.45) is 0 Å². The van der Waals surface area contributed by atoms with Crippen molar-refractivity contribution < 1.29 is 0 Å². The van der Waals surface area contributed by atoms with Crippen LogP contribution < -0.4 is 4.90 Å². The summed E-state index contributed by atoms with van der Waals surface area (Å²) in [6, 6.07) is 102. The lowest BCUT2D eigenvalue weighted by Gasteiger charge is -2.25. The highest BCUT2D eigenvalue weighted by Gasteiger charge is 2.20. The van der Waals surface area contributed by atoms with Gasteiger partial charge in [-0.25, -0.2) is 9.97 Å². The van der Waals surface area contributed by atoms with Crippen LogP contribution in [0.15, 0.2) is 285 Å². The largest absolute Gasteiger partial charge is 0.311 e. The van der Waals surface area contributed by atoms with Crippen molar-refractivity contribution >= 4 is 60.7 Å². The molecule has 0 atom stereocenters. The van der Waals surface area contributed by atoms with Gasteiger partial charge in [-0.2, -0.15) is 0 Å². The molecule has 3 aromatic heterocycles. The molecule has 0 aliphatic heterocycles. The molecule has 0 N–H and O–H groups in total. The van der Waals surface area contributed by atoms with Gasteiger partial charge >= 0.3 is 0 Å². The van der Waals surface area contributed by atoms with Gasteiger partial charge in [-0.05, 0) is 137 Å². The quantitative estimate of drug-likeness (QED) is 0.137. The van der Waals surface area contributed by atoms with Gasteiger partial charge in [0.25, 0.3) is 0 Å². The summed E-state index contributed by atoms with van der Waals surface area (Å²) in [6.45, 7) is 0. The van der Waals surface area contributed by atoms with Gasteiger partial charge in [0, 0.05) is 55.4 Å². The fraction of sp³-hybridized carbons (Fsp3) is 0. The highest BCUT2D eigenvalue weighted by atomic mass is 15.2. The van der Waals surface area contributed by atoms with Gasteiger partial charge in [0.2, 0.25) is 5.95 Å². The minimum atomic E-state index is 0.617. The molecule has 0 radical (unpaired) electrons. The van der Waals surface area contributed by atoms with E-state index < -0.39 is 0 Å². The third-order valence-electron chi connectivity index (χ3n) is 14.5. The average molecular weight is 958 g/mol. The second-order valence-electron chi connectivity index (χ2n) is 19.0. The molecule has 14 rings (SSSR count). The first-order chi connectivity index (χ1) is 37.2. The third kappa shape index (κ3) is 7.91. The first-order valence-electron chi connectivity index (χ1n) is 25.5. The summed E-state index contributed by atoms with van der Waals surface area (Å²) in [5.74, 6) is 0.617. The van der Waals surface area contributed by atoms with Crippen molar-refractivity contribution in [2.45, 2.75) is 0 Å². The summed E-state index contributed by atoms with van der Waals surface area (Å²) in [4.78, 5) is 13.2. The van der Waals surface area contributed by atoms with E-state index in [1.165, 1.54) is 16.3 Å². The summed E-state index contributed by atoms with van der Waals surface area (Å²) in [5.41, 5.74) is 19.5. The Balaban J connectivity index is 0.882. The maximum absolute atomic E-state index is 5.45. The molecule has 11 aromatic carbocycles. The fourth-order valence-corrected chi connectivity index (χ4v) is 11.0. The molecule has 14 aromatic rings. The third-order valence-corrected chi connectivity index (χ3v) is 14.5. The van der Waals surface area contributed by atoms with Gasteiger partial charge < -0.3 is 9.47 Å². The monoisotopic (exact) mass is 957 g/mol. The molecule has 3 heterocycles. The van der Waals surface area contributed by atoms with E-state index in [9.17, 15) is 0 Å². The standard InChI is InChI=1S/C70H47N5/c1-5-19-48(20-6-1)50-23-17-25-54(43-50)64-47-65(55-26-18-24-51(44-55)49-21-7-2-8-22-49)72-70(71-64)75-67-34-16-14-32-61(67)63-46-53(36-42-69(63)75)52-35-41-68-62(45-52)60-31-13-15-33-66(60)74(68)59-39-37-58(38-40-59)73(56-27-9-3-10-28-56)57-29-11-4-12-30-57/h1-47H. The first kappa shape index (κ1) is 43.7. The molecule has 0 saturated carbocycles. The molecule has 0 saturated heterocycles. The van der Waals surface area contributed by atoms with Crippen LogP contribution in [-0.4, -0.2) is 19.1 Å². The Kier molecular flexibility index (Phi) is 10.8. The minimum absolute atomic E-state index is 0.617. The van der Waals surface area contributed by atoms with Crippen LogP contribution in [0, 0.1) is 0 Å². The number of para-hydroxylation sites is 4. The Bertz CT molecular complexity index is 4250. The molecular weight excluding hydrogens is 911 g/mol. The van der Waals surface area contributed by atoms with E-state index in [1.807, 2.05) is 0 Å². The highest BCUT2D eigenvalue weighted by molar-refractivity contribution is 6.12. The van der Waals surface area contributed by atoms with Crippen LogP contribution in [0.3, 0.4) is 0 Å². The van der Waals surface area contributed by atoms with Crippen molar-refractivity contribution in [1.29, 1.82) is 0 Å². The molecule has 0 aliphatic carbocycles. The number of aromatic nitrogens is 4. The van der Waals surface area contributed by atoms with E-state index in [4.69, 9.17) is 9.97 Å². The Hall–Kier alpha value is -10.1. The minimum Gasteiger partial charge on any atom is -0.311 e. The van der Waals surface area contributed by atoms with E-state index in [0.717, 1.165) is 106 Å². The van der Waals surface area contributed by atoms with Gasteiger partial charge in [0.1, 0.15) is 0 Å². The van der Waals surface area contributed by atoms with Crippen LogP contribution >= 0.6 is 0 Å². The van der Waals surface area contributed by atoms with E-state index in [0.29, 0.717) is 5.95 Å². The van der Waals surface area contributed by atoms with Gasteiger partial charge in [0.15, 0.2) is 0 Å². The summed E-state index contributed by atoms with van der Waals surface area (Å²) >= 11 is 0. The normalized spacial score (nSPS) is 11.5. The molecule has 0 fully saturated rings. The zero-order valence-corrected chi connectivity index (χ0v) is 40.9. The summed E-state index contributed by atoms with van der Waals surface area (Å²) in [5, 5.41) is 4.69. The van der Waals surface area contributed by atoms with Crippen LogP contribution in [0.5, 0.6) is 0 Å². The lowest BCUT2D eigenvalue weighted by Crippen LogP contribution is -2.09. The van der Waals surface area contributed by atoms with Gasteiger partial charge in [-0.1, -0.05) is 182 Å². The zero-order chi connectivity index (χ0) is 49.7. The Morgan fingerprint density at radius 1 is 0.240 bits per heavy atom. The van der Waals surface area contributed by atoms with E-state index >= 15 is 0 Å². The number of nitrogens with zero attached hydrogens (tertiary/aromatic N) is 5. The molecule has 0 amide bonds. The second kappa shape index (κ2) is 18.5. The van der Waals surface area contributed by atoms with Gasteiger partial charge in [-0.15, -0.1) is 0 Å². The molecule has 0 aliphatic rings. The maximum atomic E-state index is 5.45. The van der Waals surface area contributed by atoms with E-state index in [1.54, 1.807) is 0 Å². The van der Waals surface area contributed by atoms with Crippen LogP contribution in [0.25, 0.3) is 111 Å². The first-order valence-corrected chi connectivity index (χ1v) is 25.5. The van der Waals surface area contributed by atoms with Crippen LogP contribution in [0.1, 0.15) is 0 Å². The Morgan fingerprint density at radius 3 is 1.12 bits per heavy atom. The van der Waals surface area contributed by atoms with Crippen molar-refractivity contribution in [3.05, 3.63) is 285 Å². The fourth-order valence-electron chi connectivity index (χ4n) is 11.0. The molecule has 5 nitrogen and oxygen atoms in total. The molecule has 5 heteroatoms. The van der Waals surface area contributed by atoms with Crippen molar-refractivity contribution in [3.63, 3.8) is 0 Å². The van der Waals surface area contributed by atoms with E-state index in [2.05, 4.69) is 299 Å². The molecular formula is C70H47N5. The number of fused-ring (bicyclic) bond motifs is 6. The summed E-state index contributed by atoms with van der Waals surface area (Å²) in [6.07, 6.45) is 0. The van der Waals surface area contributed by atoms with Crippen LogP contribution in [0.4, 0.5) is 17.1 Å². The number of anilines is 3. The van der Waals surface area contributed by atoms with E-state index in [-0.39, 0.29) is 0 Å². The molecule has 0 bridgehead atoms. The molecule has 0 spiro atoms. The molecule has 0 unspecified atom stereocenters. The number of rotatable bonds is 10. The molecule has 352 valence electrons.